The van der Waals surface area contributed by atoms with Gasteiger partial charge in [-0.25, -0.2) is 22.5 Å². The summed E-state index contributed by atoms with van der Waals surface area (Å²) in [4.78, 5) is 4.34. The zero-order chi connectivity index (χ0) is 15.7. The Bertz CT molecular complexity index is 851. The van der Waals surface area contributed by atoms with E-state index in [-0.39, 0.29) is 23.2 Å². The fourth-order valence-electron chi connectivity index (χ4n) is 1.99. The van der Waals surface area contributed by atoms with Gasteiger partial charge in [0.1, 0.15) is 10.7 Å². The molecule has 22 heavy (non-hydrogen) atoms. The summed E-state index contributed by atoms with van der Waals surface area (Å²) in [7, 11) is -3.66. The van der Waals surface area contributed by atoms with E-state index in [0.29, 0.717) is 10.2 Å². The number of anilines is 1. The van der Waals surface area contributed by atoms with Gasteiger partial charge in [-0.3, -0.25) is 0 Å². The standard InChI is InChI=1S/C14H11BrFN3O2S/c15-10-3-6-12-13(7-10)22(20,21)19-14(18-12)17-8-9-1-4-11(16)5-2-9/h1-7H,8H2,(H2,17,18,19). The lowest BCUT2D eigenvalue weighted by molar-refractivity contribution is 0.591. The van der Waals surface area contributed by atoms with Crippen LogP contribution in [0.1, 0.15) is 5.56 Å². The lowest BCUT2D eigenvalue weighted by Gasteiger charge is -2.21. The van der Waals surface area contributed by atoms with Crippen LogP contribution in [0.4, 0.5) is 10.1 Å². The van der Waals surface area contributed by atoms with Crippen LogP contribution in [-0.2, 0) is 16.6 Å². The molecule has 8 heteroatoms. The molecule has 0 spiro atoms. The molecule has 5 nitrogen and oxygen atoms in total. The van der Waals surface area contributed by atoms with Gasteiger partial charge < -0.3 is 5.32 Å². The number of benzene rings is 2. The third-order valence-electron chi connectivity index (χ3n) is 3.05. The summed E-state index contributed by atoms with van der Waals surface area (Å²) in [6.07, 6.45) is 0. The van der Waals surface area contributed by atoms with Crippen LogP contribution >= 0.6 is 15.9 Å². The molecule has 0 atom stereocenters. The predicted octanol–water partition coefficient (Wildman–Crippen LogP) is 2.85. The van der Waals surface area contributed by atoms with Crippen LogP contribution in [0.25, 0.3) is 0 Å². The van der Waals surface area contributed by atoms with E-state index in [0.717, 1.165) is 5.56 Å². The van der Waals surface area contributed by atoms with Gasteiger partial charge in [-0.15, -0.1) is 0 Å². The summed E-state index contributed by atoms with van der Waals surface area (Å²) in [6, 6.07) is 10.8. The molecule has 1 aliphatic rings. The Hall–Kier alpha value is -1.93. The van der Waals surface area contributed by atoms with E-state index < -0.39 is 10.0 Å². The molecule has 0 fully saturated rings. The largest absolute Gasteiger partial charge is 0.324 e. The van der Waals surface area contributed by atoms with Gasteiger partial charge in [-0.1, -0.05) is 28.1 Å². The zero-order valence-electron chi connectivity index (χ0n) is 11.2. The molecule has 0 bridgehead atoms. The molecule has 1 heterocycles. The third kappa shape index (κ3) is 3.12. The van der Waals surface area contributed by atoms with Crippen molar-refractivity contribution >= 4 is 37.6 Å². The minimum Gasteiger partial charge on any atom is -0.324 e. The van der Waals surface area contributed by atoms with E-state index in [4.69, 9.17) is 0 Å². The molecule has 0 radical (unpaired) electrons. The van der Waals surface area contributed by atoms with Crippen molar-refractivity contribution in [3.63, 3.8) is 0 Å². The molecule has 114 valence electrons. The summed E-state index contributed by atoms with van der Waals surface area (Å²) >= 11 is 3.24. The lowest BCUT2D eigenvalue weighted by atomic mass is 10.2. The Morgan fingerprint density at radius 2 is 1.86 bits per heavy atom. The van der Waals surface area contributed by atoms with Crippen molar-refractivity contribution in [2.24, 2.45) is 4.99 Å². The van der Waals surface area contributed by atoms with E-state index in [9.17, 15) is 12.8 Å². The number of sulfonamides is 1. The number of fused-ring (bicyclic) bond motifs is 1. The second-order valence-electron chi connectivity index (χ2n) is 4.66. The van der Waals surface area contributed by atoms with Gasteiger partial charge in [0.05, 0.1) is 12.2 Å². The Morgan fingerprint density at radius 1 is 1.14 bits per heavy atom. The summed E-state index contributed by atoms with van der Waals surface area (Å²) in [5.74, 6) is -0.188. The summed E-state index contributed by atoms with van der Waals surface area (Å²) in [5.41, 5.74) is 1.23. The molecule has 3 rings (SSSR count). The van der Waals surface area contributed by atoms with Crippen molar-refractivity contribution in [1.29, 1.82) is 0 Å². The first-order chi connectivity index (χ1) is 10.4. The number of hydrogen-bond donors (Lipinski definition) is 2. The number of nitrogens with zero attached hydrogens (tertiary/aromatic N) is 1. The third-order valence-corrected chi connectivity index (χ3v) is 4.92. The molecule has 0 aromatic heterocycles. The molecule has 0 amide bonds. The van der Waals surface area contributed by atoms with Gasteiger partial charge in [0, 0.05) is 4.47 Å². The summed E-state index contributed by atoms with van der Waals surface area (Å²) in [6.45, 7) is 0.233. The van der Waals surface area contributed by atoms with E-state index in [2.05, 4.69) is 31.0 Å². The van der Waals surface area contributed by atoms with Crippen LogP contribution in [0.3, 0.4) is 0 Å². The summed E-state index contributed by atoms with van der Waals surface area (Å²) < 4.78 is 40.3. The Balaban J connectivity index is 1.87. The topological polar surface area (TPSA) is 70.6 Å². The van der Waals surface area contributed by atoms with Gasteiger partial charge in [-0.05, 0) is 35.9 Å². The first-order valence-corrected chi connectivity index (χ1v) is 8.60. The number of hydrogen-bond acceptors (Lipinski definition) is 3. The van der Waals surface area contributed by atoms with Crippen LogP contribution in [0.2, 0.25) is 0 Å². The van der Waals surface area contributed by atoms with Crippen LogP contribution in [0.15, 0.2) is 56.8 Å². The minimum absolute atomic E-state index is 0.138. The quantitative estimate of drug-likeness (QED) is 0.837. The molecule has 2 aromatic carbocycles. The smallest absolute Gasteiger partial charge is 0.266 e. The van der Waals surface area contributed by atoms with E-state index >= 15 is 0 Å². The van der Waals surface area contributed by atoms with Gasteiger partial charge in [-0.2, -0.15) is 0 Å². The van der Waals surface area contributed by atoms with E-state index in [1.54, 1.807) is 24.3 Å². The Labute approximate surface area is 135 Å². The first kappa shape index (κ1) is 15.0. The molecule has 2 aromatic rings. The maximum absolute atomic E-state index is 12.8. The normalized spacial score (nSPS) is 17.5. The monoisotopic (exact) mass is 383 g/mol. The zero-order valence-corrected chi connectivity index (χ0v) is 13.6. The van der Waals surface area contributed by atoms with Gasteiger partial charge in [0.25, 0.3) is 10.0 Å². The van der Waals surface area contributed by atoms with Crippen LogP contribution in [0.5, 0.6) is 0 Å². The molecule has 0 unspecified atom stereocenters. The fourth-order valence-corrected chi connectivity index (χ4v) is 3.67. The molecule has 2 N–H and O–H groups in total. The van der Waals surface area contributed by atoms with Crippen molar-refractivity contribution in [3.05, 3.63) is 58.3 Å². The van der Waals surface area contributed by atoms with E-state index in [1.165, 1.54) is 18.2 Å². The van der Waals surface area contributed by atoms with Crippen molar-refractivity contribution in [3.8, 4) is 0 Å². The lowest BCUT2D eigenvalue weighted by Crippen LogP contribution is -2.40. The highest BCUT2D eigenvalue weighted by atomic mass is 79.9. The van der Waals surface area contributed by atoms with Crippen molar-refractivity contribution in [2.45, 2.75) is 11.4 Å². The maximum Gasteiger partial charge on any atom is 0.266 e. The first-order valence-electron chi connectivity index (χ1n) is 6.32. The molecular formula is C14H11BrFN3O2S. The highest BCUT2D eigenvalue weighted by molar-refractivity contribution is 9.10. The molecule has 1 aliphatic heterocycles. The Kier molecular flexibility index (Phi) is 3.88. The average molecular weight is 384 g/mol. The number of rotatable bonds is 2. The second kappa shape index (κ2) is 5.69. The summed E-state index contributed by atoms with van der Waals surface area (Å²) in [5, 5.41) is 2.93. The van der Waals surface area contributed by atoms with Gasteiger partial charge in [0.15, 0.2) is 0 Å². The second-order valence-corrected chi connectivity index (χ2v) is 7.23. The molecule has 0 aliphatic carbocycles. The van der Waals surface area contributed by atoms with Crippen molar-refractivity contribution < 1.29 is 12.8 Å². The van der Waals surface area contributed by atoms with Crippen LogP contribution in [-0.4, -0.2) is 14.4 Å². The molecule has 0 saturated carbocycles. The van der Waals surface area contributed by atoms with Crippen molar-refractivity contribution in [2.75, 3.05) is 5.32 Å². The average Bonchev–Trinajstić information content (AvgIpc) is 2.47. The number of guanidine groups is 1. The number of nitrogens with one attached hydrogen (secondary N) is 2. The Morgan fingerprint density at radius 3 is 2.59 bits per heavy atom. The highest BCUT2D eigenvalue weighted by Gasteiger charge is 2.26. The van der Waals surface area contributed by atoms with E-state index in [1.807, 2.05) is 0 Å². The maximum atomic E-state index is 12.8. The van der Waals surface area contributed by atoms with Gasteiger partial charge >= 0.3 is 0 Å². The SMILES string of the molecule is O=S1(=O)NC(=NCc2ccc(F)cc2)Nc2ccc(Br)cc21. The molecule has 0 saturated heterocycles. The molecular weight excluding hydrogens is 373 g/mol. The van der Waals surface area contributed by atoms with Gasteiger partial charge in [0.2, 0.25) is 5.96 Å². The highest BCUT2D eigenvalue weighted by Crippen LogP contribution is 2.27. The predicted molar refractivity (Wildman–Crippen MR) is 85.6 cm³/mol. The van der Waals surface area contributed by atoms with Crippen LogP contribution < -0.4 is 10.0 Å². The minimum atomic E-state index is -3.66. The van der Waals surface area contributed by atoms with Crippen LogP contribution in [0, 0.1) is 5.82 Å². The fraction of sp³-hybridized carbons (Fsp3) is 0.0714. The number of halogens is 2. The van der Waals surface area contributed by atoms with Crippen molar-refractivity contribution in [1.82, 2.24) is 4.72 Å². The number of aliphatic imine (C=N–C) groups is 1.